The van der Waals surface area contributed by atoms with Crippen LogP contribution in [0.15, 0.2) is 0 Å². The number of piperidine rings is 1. The molecule has 0 radical (unpaired) electrons. The van der Waals surface area contributed by atoms with E-state index >= 15 is 0 Å². The second-order valence-electron chi connectivity index (χ2n) is 6.79. The quantitative estimate of drug-likeness (QED) is 0.774. The molecule has 2 rings (SSSR count). The van der Waals surface area contributed by atoms with Crippen LogP contribution in [0.1, 0.15) is 52.4 Å². The monoisotopic (exact) mass is 281 g/mol. The Hall–Kier alpha value is -0.120. The minimum absolute atomic E-state index is 0.801. The van der Waals surface area contributed by atoms with Gasteiger partial charge in [0.2, 0.25) is 0 Å². The fourth-order valence-corrected chi connectivity index (χ4v) is 4.14. The van der Waals surface area contributed by atoms with Crippen molar-refractivity contribution in [3.05, 3.63) is 0 Å². The van der Waals surface area contributed by atoms with Crippen LogP contribution in [0.5, 0.6) is 0 Å². The highest BCUT2D eigenvalue weighted by Crippen LogP contribution is 2.29. The highest BCUT2D eigenvalue weighted by molar-refractivity contribution is 4.84. The first-order chi connectivity index (χ1) is 9.74. The fourth-order valence-electron chi connectivity index (χ4n) is 4.14. The molecule has 3 heteroatoms. The molecule has 1 saturated carbocycles. The van der Waals surface area contributed by atoms with Crippen LogP contribution in [0.4, 0.5) is 0 Å². The van der Waals surface area contributed by atoms with Crippen LogP contribution in [0.25, 0.3) is 0 Å². The normalized spacial score (nSPS) is 29.4. The summed E-state index contributed by atoms with van der Waals surface area (Å²) in [5.41, 5.74) is 0. The van der Waals surface area contributed by atoms with Gasteiger partial charge in [0.1, 0.15) is 0 Å². The lowest BCUT2D eigenvalue weighted by atomic mass is 9.97. The molecule has 0 spiro atoms. The molecule has 0 bridgehead atoms. The predicted molar refractivity (Wildman–Crippen MR) is 87.2 cm³/mol. The van der Waals surface area contributed by atoms with E-state index < -0.39 is 0 Å². The van der Waals surface area contributed by atoms with Crippen molar-refractivity contribution in [2.24, 2.45) is 5.92 Å². The smallest absolute Gasteiger partial charge is 0.0117 e. The number of rotatable bonds is 7. The Kier molecular flexibility index (Phi) is 6.79. The molecule has 1 aliphatic carbocycles. The van der Waals surface area contributed by atoms with Crippen molar-refractivity contribution in [1.29, 1.82) is 0 Å². The first-order valence-electron chi connectivity index (χ1n) is 8.90. The topological polar surface area (TPSA) is 18.5 Å². The standard InChI is InChI=1S/C17H35N3/c1-4-18-17-8-6-7-15(17)9-12-19(3)16-10-13-20(5-2)14-11-16/h15-18H,4-14H2,1-3H3. The summed E-state index contributed by atoms with van der Waals surface area (Å²) in [4.78, 5) is 5.23. The lowest BCUT2D eigenvalue weighted by molar-refractivity contribution is 0.125. The van der Waals surface area contributed by atoms with Crippen molar-refractivity contribution >= 4 is 0 Å². The summed E-state index contributed by atoms with van der Waals surface area (Å²) in [6, 6.07) is 1.63. The van der Waals surface area contributed by atoms with E-state index in [-0.39, 0.29) is 0 Å². The van der Waals surface area contributed by atoms with Crippen LogP contribution in [0.2, 0.25) is 0 Å². The summed E-state index contributed by atoms with van der Waals surface area (Å²) < 4.78 is 0. The first-order valence-corrected chi connectivity index (χ1v) is 8.90. The van der Waals surface area contributed by atoms with Crippen LogP contribution in [-0.4, -0.2) is 61.7 Å². The average molecular weight is 281 g/mol. The zero-order valence-corrected chi connectivity index (χ0v) is 13.9. The van der Waals surface area contributed by atoms with Crippen molar-refractivity contribution in [2.45, 2.75) is 64.5 Å². The van der Waals surface area contributed by atoms with Crippen LogP contribution < -0.4 is 5.32 Å². The van der Waals surface area contributed by atoms with Gasteiger partial charge in [-0.3, -0.25) is 0 Å². The van der Waals surface area contributed by atoms with Gasteiger partial charge in [-0.2, -0.15) is 0 Å². The lowest BCUT2D eigenvalue weighted by Crippen LogP contribution is -2.44. The molecular formula is C17H35N3. The van der Waals surface area contributed by atoms with Gasteiger partial charge in [-0.1, -0.05) is 20.3 Å². The van der Waals surface area contributed by atoms with Gasteiger partial charge in [0.05, 0.1) is 0 Å². The van der Waals surface area contributed by atoms with E-state index in [0.29, 0.717) is 0 Å². The van der Waals surface area contributed by atoms with Gasteiger partial charge in [0.25, 0.3) is 0 Å². The SMILES string of the molecule is CCNC1CCCC1CCN(C)C1CCN(CC)CC1. The van der Waals surface area contributed by atoms with Gasteiger partial charge in [-0.05, 0) is 77.8 Å². The summed E-state index contributed by atoms with van der Waals surface area (Å²) in [6.45, 7) is 10.8. The van der Waals surface area contributed by atoms with Gasteiger partial charge < -0.3 is 15.1 Å². The van der Waals surface area contributed by atoms with E-state index in [1.54, 1.807) is 0 Å². The lowest BCUT2D eigenvalue weighted by Gasteiger charge is -2.37. The Bertz CT molecular complexity index is 261. The summed E-state index contributed by atoms with van der Waals surface area (Å²) in [5, 5.41) is 3.69. The first kappa shape index (κ1) is 16.3. The number of nitrogens with zero attached hydrogens (tertiary/aromatic N) is 2. The Balaban J connectivity index is 1.68. The molecule has 2 aliphatic rings. The maximum Gasteiger partial charge on any atom is 0.0117 e. The van der Waals surface area contributed by atoms with E-state index in [2.05, 4.69) is 36.0 Å². The van der Waals surface area contributed by atoms with Gasteiger partial charge in [0, 0.05) is 12.1 Å². The highest BCUT2D eigenvalue weighted by atomic mass is 15.2. The van der Waals surface area contributed by atoms with Gasteiger partial charge in [-0.25, -0.2) is 0 Å². The molecule has 0 amide bonds. The van der Waals surface area contributed by atoms with E-state index in [9.17, 15) is 0 Å². The zero-order valence-electron chi connectivity index (χ0n) is 13.9. The van der Waals surface area contributed by atoms with Crippen LogP contribution in [-0.2, 0) is 0 Å². The predicted octanol–water partition coefficient (Wildman–Crippen LogP) is 2.57. The molecule has 20 heavy (non-hydrogen) atoms. The molecule has 2 fully saturated rings. The third-order valence-electron chi connectivity index (χ3n) is 5.61. The largest absolute Gasteiger partial charge is 0.314 e. The molecule has 1 heterocycles. The minimum atomic E-state index is 0.801. The second-order valence-corrected chi connectivity index (χ2v) is 6.79. The third kappa shape index (κ3) is 4.44. The number of likely N-dealkylation sites (tertiary alicyclic amines) is 1. The number of hydrogen-bond acceptors (Lipinski definition) is 3. The van der Waals surface area contributed by atoms with Crippen LogP contribution in [0.3, 0.4) is 0 Å². The van der Waals surface area contributed by atoms with Crippen molar-refractivity contribution < 1.29 is 0 Å². The van der Waals surface area contributed by atoms with E-state index in [0.717, 1.165) is 24.5 Å². The highest BCUT2D eigenvalue weighted by Gasteiger charge is 2.27. The molecule has 2 atom stereocenters. The second kappa shape index (κ2) is 8.35. The molecule has 1 aliphatic heterocycles. The third-order valence-corrected chi connectivity index (χ3v) is 5.61. The maximum atomic E-state index is 3.69. The zero-order chi connectivity index (χ0) is 14.4. The summed E-state index contributed by atoms with van der Waals surface area (Å²) in [6.07, 6.45) is 8.40. The molecular weight excluding hydrogens is 246 g/mol. The van der Waals surface area contributed by atoms with Crippen molar-refractivity contribution in [3.63, 3.8) is 0 Å². The van der Waals surface area contributed by atoms with E-state index in [1.807, 2.05) is 0 Å². The Morgan fingerprint density at radius 2 is 1.85 bits per heavy atom. The molecule has 2 unspecified atom stereocenters. The molecule has 1 N–H and O–H groups in total. The maximum absolute atomic E-state index is 3.69. The fraction of sp³-hybridized carbons (Fsp3) is 1.00. The van der Waals surface area contributed by atoms with Crippen LogP contribution >= 0.6 is 0 Å². The van der Waals surface area contributed by atoms with Crippen molar-refractivity contribution in [3.8, 4) is 0 Å². The minimum Gasteiger partial charge on any atom is -0.314 e. The Morgan fingerprint density at radius 1 is 1.10 bits per heavy atom. The average Bonchev–Trinajstić information content (AvgIpc) is 2.92. The summed E-state index contributed by atoms with van der Waals surface area (Å²) >= 11 is 0. The Morgan fingerprint density at radius 3 is 2.50 bits per heavy atom. The van der Waals surface area contributed by atoms with Gasteiger partial charge in [0.15, 0.2) is 0 Å². The van der Waals surface area contributed by atoms with E-state index in [4.69, 9.17) is 0 Å². The molecule has 0 aromatic carbocycles. The van der Waals surface area contributed by atoms with Crippen LogP contribution in [0, 0.1) is 5.92 Å². The Labute approximate surface area is 126 Å². The number of nitrogens with one attached hydrogen (secondary N) is 1. The van der Waals surface area contributed by atoms with Gasteiger partial charge >= 0.3 is 0 Å². The molecule has 1 saturated heterocycles. The summed E-state index contributed by atoms with van der Waals surface area (Å²) in [5.74, 6) is 0.924. The number of hydrogen-bond donors (Lipinski definition) is 1. The summed E-state index contributed by atoms with van der Waals surface area (Å²) in [7, 11) is 2.35. The van der Waals surface area contributed by atoms with Crippen molar-refractivity contribution in [2.75, 3.05) is 39.8 Å². The van der Waals surface area contributed by atoms with Crippen molar-refractivity contribution in [1.82, 2.24) is 15.1 Å². The van der Waals surface area contributed by atoms with Gasteiger partial charge in [-0.15, -0.1) is 0 Å². The van der Waals surface area contributed by atoms with E-state index in [1.165, 1.54) is 64.7 Å². The molecule has 118 valence electrons. The molecule has 0 aromatic heterocycles. The molecule has 3 nitrogen and oxygen atoms in total. The molecule has 0 aromatic rings.